The van der Waals surface area contributed by atoms with Gasteiger partial charge in [0.25, 0.3) is 0 Å². The molecular formula is C12H14N2O. The summed E-state index contributed by atoms with van der Waals surface area (Å²) in [4.78, 5) is 13.0. The zero-order valence-corrected chi connectivity index (χ0v) is 8.81. The van der Waals surface area contributed by atoms with Gasteiger partial charge in [0.1, 0.15) is 6.54 Å². The number of carbonyl (C=O) groups excluding carboxylic acids is 1. The average Bonchev–Trinajstić information content (AvgIpc) is 2.29. The molecule has 0 aliphatic rings. The third kappa shape index (κ3) is 3.43. The van der Waals surface area contributed by atoms with Crippen LogP contribution in [-0.4, -0.2) is 17.4 Å². The Hall–Kier alpha value is -1.82. The van der Waals surface area contributed by atoms with Crippen LogP contribution in [0.2, 0.25) is 0 Å². The van der Waals surface area contributed by atoms with Crippen LogP contribution in [0.3, 0.4) is 0 Å². The van der Waals surface area contributed by atoms with E-state index in [4.69, 9.17) is 5.26 Å². The van der Waals surface area contributed by atoms with Crippen LogP contribution in [0.5, 0.6) is 0 Å². The minimum absolute atomic E-state index is 0.0143. The summed E-state index contributed by atoms with van der Waals surface area (Å²) < 4.78 is 0. The Morgan fingerprint density at radius 3 is 2.60 bits per heavy atom. The monoisotopic (exact) mass is 202 g/mol. The molecule has 0 saturated heterocycles. The molecule has 0 aromatic heterocycles. The van der Waals surface area contributed by atoms with E-state index in [0.717, 1.165) is 5.56 Å². The van der Waals surface area contributed by atoms with Crippen molar-refractivity contribution in [1.29, 1.82) is 5.26 Å². The van der Waals surface area contributed by atoms with Gasteiger partial charge in [-0.2, -0.15) is 5.26 Å². The number of hydrogen-bond acceptors (Lipinski definition) is 2. The largest absolute Gasteiger partial charge is 0.325 e. The van der Waals surface area contributed by atoms with Gasteiger partial charge < -0.3 is 4.90 Å². The van der Waals surface area contributed by atoms with Crippen molar-refractivity contribution in [3.63, 3.8) is 0 Å². The molecule has 78 valence electrons. The number of rotatable bonds is 4. The number of hydrogen-bond donors (Lipinski definition) is 0. The Bertz CT molecular complexity index is 354. The van der Waals surface area contributed by atoms with Gasteiger partial charge in [0.2, 0.25) is 5.91 Å². The first kappa shape index (κ1) is 11.3. The quantitative estimate of drug-likeness (QED) is 0.700. The highest BCUT2D eigenvalue weighted by Gasteiger charge is 2.10. The van der Waals surface area contributed by atoms with Crippen LogP contribution in [0.1, 0.15) is 18.9 Å². The van der Waals surface area contributed by atoms with Gasteiger partial charge in [-0.05, 0) is 5.56 Å². The van der Waals surface area contributed by atoms with E-state index < -0.39 is 0 Å². The fraction of sp³-hybridized carbons (Fsp3) is 0.333. The van der Waals surface area contributed by atoms with Gasteiger partial charge in [-0.25, -0.2) is 0 Å². The van der Waals surface area contributed by atoms with Crippen LogP contribution in [0.15, 0.2) is 30.3 Å². The number of carbonyl (C=O) groups is 1. The normalized spacial score (nSPS) is 9.33. The zero-order chi connectivity index (χ0) is 11.1. The maximum Gasteiger partial charge on any atom is 0.223 e. The maximum absolute atomic E-state index is 11.5. The van der Waals surface area contributed by atoms with Gasteiger partial charge in [0.05, 0.1) is 6.07 Å². The lowest BCUT2D eigenvalue weighted by molar-refractivity contribution is -0.130. The summed E-state index contributed by atoms with van der Waals surface area (Å²) in [5.74, 6) is 0.0143. The van der Waals surface area contributed by atoms with Crippen LogP contribution in [-0.2, 0) is 11.3 Å². The molecule has 0 saturated carbocycles. The van der Waals surface area contributed by atoms with Gasteiger partial charge in [-0.1, -0.05) is 37.3 Å². The molecule has 1 aromatic rings. The molecule has 0 fully saturated rings. The van der Waals surface area contributed by atoms with Crippen molar-refractivity contribution in [3.05, 3.63) is 35.9 Å². The minimum Gasteiger partial charge on any atom is -0.325 e. The molecule has 0 heterocycles. The maximum atomic E-state index is 11.5. The molecule has 0 aliphatic heterocycles. The van der Waals surface area contributed by atoms with Crippen molar-refractivity contribution < 1.29 is 4.79 Å². The number of nitriles is 1. The lowest BCUT2D eigenvalue weighted by atomic mass is 10.2. The molecule has 0 spiro atoms. The van der Waals surface area contributed by atoms with Gasteiger partial charge >= 0.3 is 0 Å². The van der Waals surface area contributed by atoms with Crippen LogP contribution in [0, 0.1) is 11.3 Å². The molecule has 0 aliphatic carbocycles. The molecule has 1 amide bonds. The van der Waals surface area contributed by atoms with Crippen LogP contribution in [0.25, 0.3) is 0 Å². The van der Waals surface area contributed by atoms with Crippen molar-refractivity contribution in [2.45, 2.75) is 19.9 Å². The summed E-state index contributed by atoms with van der Waals surface area (Å²) in [6.45, 7) is 2.47. The molecule has 0 radical (unpaired) electrons. The van der Waals surface area contributed by atoms with E-state index in [0.29, 0.717) is 13.0 Å². The third-order valence-electron chi connectivity index (χ3n) is 2.13. The second-order valence-corrected chi connectivity index (χ2v) is 3.25. The molecule has 3 nitrogen and oxygen atoms in total. The first-order chi connectivity index (χ1) is 7.27. The highest BCUT2D eigenvalue weighted by Crippen LogP contribution is 2.05. The molecule has 1 rings (SSSR count). The summed E-state index contributed by atoms with van der Waals surface area (Å²) in [5.41, 5.74) is 1.05. The van der Waals surface area contributed by atoms with E-state index in [9.17, 15) is 4.79 Å². The number of amides is 1. The number of nitrogens with zero attached hydrogens (tertiary/aromatic N) is 2. The van der Waals surface area contributed by atoms with E-state index >= 15 is 0 Å². The molecule has 15 heavy (non-hydrogen) atoms. The summed E-state index contributed by atoms with van der Waals surface area (Å²) in [6.07, 6.45) is 0.439. The summed E-state index contributed by atoms with van der Waals surface area (Å²) in [5, 5.41) is 8.62. The van der Waals surface area contributed by atoms with Crippen molar-refractivity contribution in [1.82, 2.24) is 4.90 Å². The first-order valence-corrected chi connectivity index (χ1v) is 4.96. The highest BCUT2D eigenvalue weighted by molar-refractivity contribution is 5.76. The van der Waals surface area contributed by atoms with E-state index in [1.165, 1.54) is 0 Å². The summed E-state index contributed by atoms with van der Waals surface area (Å²) >= 11 is 0. The molecule has 3 heteroatoms. The summed E-state index contributed by atoms with van der Waals surface area (Å²) in [7, 11) is 0. The second kappa shape index (κ2) is 5.82. The van der Waals surface area contributed by atoms with E-state index in [1.54, 1.807) is 11.8 Å². The molecule has 0 unspecified atom stereocenters. The van der Waals surface area contributed by atoms with Crippen molar-refractivity contribution >= 4 is 5.91 Å². The van der Waals surface area contributed by atoms with Crippen LogP contribution in [0.4, 0.5) is 0 Å². The Labute approximate surface area is 89.9 Å². The Morgan fingerprint density at radius 2 is 2.07 bits per heavy atom. The summed E-state index contributed by atoms with van der Waals surface area (Å²) in [6, 6.07) is 11.7. The van der Waals surface area contributed by atoms with Gasteiger partial charge in [0, 0.05) is 13.0 Å². The zero-order valence-electron chi connectivity index (χ0n) is 8.81. The van der Waals surface area contributed by atoms with E-state index in [-0.39, 0.29) is 12.5 Å². The smallest absolute Gasteiger partial charge is 0.223 e. The number of benzene rings is 1. The SMILES string of the molecule is CCC(=O)N(CC#N)Cc1ccccc1. The van der Waals surface area contributed by atoms with Crippen LogP contribution >= 0.6 is 0 Å². The van der Waals surface area contributed by atoms with E-state index in [1.807, 2.05) is 36.4 Å². The predicted octanol–water partition coefficient (Wildman–Crippen LogP) is 1.95. The Kier molecular flexibility index (Phi) is 4.36. The standard InChI is InChI=1S/C12H14N2O/c1-2-12(15)14(9-8-13)10-11-6-4-3-5-7-11/h3-7H,2,9-10H2,1H3. The lowest BCUT2D eigenvalue weighted by Gasteiger charge is -2.18. The van der Waals surface area contributed by atoms with Crippen LogP contribution < -0.4 is 0 Å². The van der Waals surface area contributed by atoms with Crippen molar-refractivity contribution in [2.75, 3.05) is 6.54 Å². The molecule has 0 atom stereocenters. The first-order valence-electron chi connectivity index (χ1n) is 4.96. The third-order valence-corrected chi connectivity index (χ3v) is 2.13. The molecule has 1 aromatic carbocycles. The van der Waals surface area contributed by atoms with Gasteiger partial charge in [-0.3, -0.25) is 4.79 Å². The fourth-order valence-corrected chi connectivity index (χ4v) is 1.35. The van der Waals surface area contributed by atoms with E-state index in [2.05, 4.69) is 0 Å². The topological polar surface area (TPSA) is 44.1 Å². The average molecular weight is 202 g/mol. The van der Waals surface area contributed by atoms with Gasteiger partial charge in [0.15, 0.2) is 0 Å². The molecule has 0 N–H and O–H groups in total. The highest BCUT2D eigenvalue weighted by atomic mass is 16.2. The Morgan fingerprint density at radius 1 is 1.40 bits per heavy atom. The Balaban J connectivity index is 2.68. The molecular weight excluding hydrogens is 188 g/mol. The van der Waals surface area contributed by atoms with Crippen molar-refractivity contribution in [3.8, 4) is 6.07 Å². The predicted molar refractivity (Wildman–Crippen MR) is 57.8 cm³/mol. The fourth-order valence-electron chi connectivity index (χ4n) is 1.35. The van der Waals surface area contributed by atoms with Crippen molar-refractivity contribution in [2.24, 2.45) is 0 Å². The lowest BCUT2D eigenvalue weighted by Crippen LogP contribution is -2.30. The second-order valence-electron chi connectivity index (χ2n) is 3.25. The molecule has 0 bridgehead atoms. The minimum atomic E-state index is 0.0143. The van der Waals surface area contributed by atoms with Gasteiger partial charge in [-0.15, -0.1) is 0 Å².